The first-order valence-electron chi connectivity index (χ1n) is 6.29. The van der Waals surface area contributed by atoms with Gasteiger partial charge in [-0.1, -0.05) is 25.1 Å². The Morgan fingerprint density at radius 1 is 1.47 bits per heavy atom. The Labute approximate surface area is 111 Å². The minimum absolute atomic E-state index is 0.0536. The fourth-order valence-electron chi connectivity index (χ4n) is 2.15. The highest BCUT2D eigenvalue weighted by atomic mass is 16.5. The van der Waals surface area contributed by atoms with E-state index in [0.29, 0.717) is 13.2 Å². The average Bonchev–Trinajstić information content (AvgIpc) is 2.79. The monoisotopic (exact) mass is 263 g/mol. The van der Waals surface area contributed by atoms with Gasteiger partial charge >= 0.3 is 5.97 Å². The second-order valence-corrected chi connectivity index (χ2v) is 4.85. The van der Waals surface area contributed by atoms with E-state index < -0.39 is 5.97 Å². The molecule has 1 aromatic rings. The quantitative estimate of drug-likeness (QED) is 0.841. The summed E-state index contributed by atoms with van der Waals surface area (Å²) in [5, 5.41) is 11.4. The highest BCUT2D eigenvalue weighted by Gasteiger charge is 2.29. The van der Waals surface area contributed by atoms with Crippen LogP contribution in [0.2, 0.25) is 0 Å². The molecule has 0 radical (unpaired) electrons. The van der Waals surface area contributed by atoms with Gasteiger partial charge in [0.2, 0.25) is 5.91 Å². The Morgan fingerprint density at radius 3 is 2.95 bits per heavy atom. The van der Waals surface area contributed by atoms with Gasteiger partial charge in [0.25, 0.3) is 0 Å². The second kappa shape index (κ2) is 5.73. The van der Waals surface area contributed by atoms with Gasteiger partial charge in [0.05, 0.1) is 0 Å². The Kier molecular flexibility index (Phi) is 4.04. The van der Waals surface area contributed by atoms with Gasteiger partial charge in [0.15, 0.2) is 0 Å². The Bertz CT molecular complexity index is 486. The van der Waals surface area contributed by atoms with Crippen LogP contribution in [0, 0.1) is 5.92 Å². The van der Waals surface area contributed by atoms with Crippen LogP contribution < -0.4 is 10.1 Å². The molecule has 0 aliphatic carbocycles. The van der Waals surface area contributed by atoms with Crippen molar-refractivity contribution in [3.05, 3.63) is 29.8 Å². The number of carboxylic acids is 1. The van der Waals surface area contributed by atoms with Gasteiger partial charge in [-0.05, 0) is 12.0 Å². The number of amides is 1. The first-order chi connectivity index (χ1) is 9.08. The predicted octanol–water partition coefficient (Wildman–Crippen LogP) is 1.39. The van der Waals surface area contributed by atoms with Crippen molar-refractivity contribution in [3.63, 3.8) is 0 Å². The van der Waals surface area contributed by atoms with Crippen molar-refractivity contribution in [1.82, 2.24) is 5.32 Å². The molecule has 0 unspecified atom stereocenters. The summed E-state index contributed by atoms with van der Waals surface area (Å²) >= 11 is 0. The lowest BCUT2D eigenvalue weighted by Crippen LogP contribution is -2.33. The van der Waals surface area contributed by atoms with Crippen molar-refractivity contribution in [3.8, 4) is 5.75 Å². The summed E-state index contributed by atoms with van der Waals surface area (Å²) in [4.78, 5) is 22.6. The van der Waals surface area contributed by atoms with Crippen molar-refractivity contribution in [2.24, 2.45) is 5.92 Å². The molecule has 0 bridgehead atoms. The van der Waals surface area contributed by atoms with Gasteiger partial charge < -0.3 is 15.2 Å². The fraction of sp³-hybridized carbons (Fsp3) is 0.429. The number of hydrogen-bond donors (Lipinski definition) is 2. The number of benzene rings is 1. The molecule has 0 spiro atoms. The summed E-state index contributed by atoms with van der Waals surface area (Å²) in [5.41, 5.74) is 0.894. The normalized spacial score (nSPS) is 18.3. The first kappa shape index (κ1) is 13.4. The standard InChI is InChI=1S/C14H17NO4/c1-9(6-13(16)17)7-15-14(18)11-8-19-12-5-3-2-4-10(11)12/h2-5,9,11H,6-8H2,1H3,(H,15,18)(H,16,17)/t9-,11-/m0/s1. The van der Waals surface area contributed by atoms with E-state index in [9.17, 15) is 9.59 Å². The zero-order valence-corrected chi connectivity index (χ0v) is 10.8. The number of carboxylic acid groups (broad SMARTS) is 1. The zero-order valence-electron chi connectivity index (χ0n) is 10.8. The van der Waals surface area contributed by atoms with E-state index in [1.807, 2.05) is 24.3 Å². The largest absolute Gasteiger partial charge is 0.492 e. The lowest BCUT2D eigenvalue weighted by atomic mass is 10.00. The van der Waals surface area contributed by atoms with E-state index in [4.69, 9.17) is 9.84 Å². The van der Waals surface area contributed by atoms with Crippen LogP contribution in [0.5, 0.6) is 5.75 Å². The fourth-order valence-corrected chi connectivity index (χ4v) is 2.15. The molecule has 1 heterocycles. The minimum atomic E-state index is -0.851. The molecule has 2 N–H and O–H groups in total. The summed E-state index contributed by atoms with van der Waals surface area (Å²) in [5.74, 6) is -0.591. The van der Waals surface area contributed by atoms with Gasteiger partial charge in [0, 0.05) is 18.5 Å². The molecule has 0 fully saturated rings. The number of rotatable bonds is 5. The maximum atomic E-state index is 12.1. The van der Waals surface area contributed by atoms with E-state index >= 15 is 0 Å². The molecule has 0 saturated carbocycles. The number of carbonyl (C=O) groups is 2. The molecule has 2 rings (SSSR count). The van der Waals surface area contributed by atoms with Gasteiger partial charge in [-0.25, -0.2) is 0 Å². The van der Waals surface area contributed by atoms with Crippen LogP contribution >= 0.6 is 0 Å². The number of para-hydroxylation sites is 1. The van der Waals surface area contributed by atoms with Crippen LogP contribution in [0.25, 0.3) is 0 Å². The number of hydrogen-bond acceptors (Lipinski definition) is 3. The summed E-state index contributed by atoms with van der Waals surface area (Å²) in [6, 6.07) is 7.47. The summed E-state index contributed by atoms with van der Waals surface area (Å²) in [6.45, 7) is 2.51. The molecule has 1 aliphatic rings. The molecule has 1 aliphatic heterocycles. The van der Waals surface area contributed by atoms with Crippen LogP contribution in [0.4, 0.5) is 0 Å². The van der Waals surface area contributed by atoms with E-state index in [1.165, 1.54) is 0 Å². The van der Waals surface area contributed by atoms with Crippen molar-refractivity contribution >= 4 is 11.9 Å². The molecular weight excluding hydrogens is 246 g/mol. The lowest BCUT2D eigenvalue weighted by Gasteiger charge is -2.13. The number of fused-ring (bicyclic) bond motifs is 1. The number of carbonyl (C=O) groups excluding carboxylic acids is 1. The maximum Gasteiger partial charge on any atom is 0.303 e. The zero-order chi connectivity index (χ0) is 13.8. The third kappa shape index (κ3) is 3.24. The van der Waals surface area contributed by atoms with Crippen LogP contribution in [0.3, 0.4) is 0 Å². The Morgan fingerprint density at radius 2 is 2.21 bits per heavy atom. The van der Waals surface area contributed by atoms with Crippen LogP contribution in [0.15, 0.2) is 24.3 Å². The van der Waals surface area contributed by atoms with E-state index in [0.717, 1.165) is 11.3 Å². The molecular formula is C14H17NO4. The van der Waals surface area contributed by atoms with Gasteiger partial charge in [-0.15, -0.1) is 0 Å². The summed E-state index contributed by atoms with van der Waals surface area (Å²) in [6.07, 6.45) is 0.0536. The van der Waals surface area contributed by atoms with Crippen molar-refractivity contribution in [2.75, 3.05) is 13.2 Å². The average molecular weight is 263 g/mol. The highest BCUT2D eigenvalue weighted by Crippen LogP contribution is 2.33. The third-order valence-electron chi connectivity index (χ3n) is 3.16. The van der Waals surface area contributed by atoms with E-state index in [2.05, 4.69) is 5.32 Å². The van der Waals surface area contributed by atoms with Gasteiger partial charge in [0.1, 0.15) is 18.3 Å². The van der Waals surface area contributed by atoms with Crippen molar-refractivity contribution in [2.45, 2.75) is 19.3 Å². The Balaban J connectivity index is 1.90. The van der Waals surface area contributed by atoms with Crippen LogP contribution in [-0.2, 0) is 9.59 Å². The van der Waals surface area contributed by atoms with Gasteiger partial charge in [-0.3, -0.25) is 9.59 Å². The summed E-state index contributed by atoms with van der Waals surface area (Å²) in [7, 11) is 0. The summed E-state index contributed by atoms with van der Waals surface area (Å²) < 4.78 is 5.45. The van der Waals surface area contributed by atoms with Crippen molar-refractivity contribution < 1.29 is 19.4 Å². The lowest BCUT2D eigenvalue weighted by molar-refractivity contribution is -0.138. The smallest absolute Gasteiger partial charge is 0.303 e. The third-order valence-corrected chi connectivity index (χ3v) is 3.16. The van der Waals surface area contributed by atoms with E-state index in [-0.39, 0.29) is 24.2 Å². The number of nitrogens with one attached hydrogen (secondary N) is 1. The topological polar surface area (TPSA) is 75.6 Å². The Hall–Kier alpha value is -2.04. The molecule has 2 atom stereocenters. The number of aliphatic carboxylic acids is 1. The molecule has 1 aromatic carbocycles. The van der Waals surface area contributed by atoms with Crippen LogP contribution in [-0.4, -0.2) is 30.1 Å². The maximum absolute atomic E-state index is 12.1. The molecule has 1 amide bonds. The molecule has 0 saturated heterocycles. The van der Waals surface area contributed by atoms with Gasteiger partial charge in [-0.2, -0.15) is 0 Å². The number of ether oxygens (including phenoxy) is 1. The molecule has 5 heteroatoms. The molecule has 19 heavy (non-hydrogen) atoms. The van der Waals surface area contributed by atoms with E-state index in [1.54, 1.807) is 6.92 Å². The first-order valence-corrected chi connectivity index (χ1v) is 6.29. The van der Waals surface area contributed by atoms with Crippen LogP contribution in [0.1, 0.15) is 24.8 Å². The van der Waals surface area contributed by atoms with Crippen molar-refractivity contribution in [1.29, 1.82) is 0 Å². The SMILES string of the molecule is C[C@H](CNC(=O)[C@H]1COc2ccccc21)CC(=O)O. The second-order valence-electron chi connectivity index (χ2n) is 4.85. The minimum Gasteiger partial charge on any atom is -0.492 e. The predicted molar refractivity (Wildman–Crippen MR) is 69.1 cm³/mol. The molecule has 5 nitrogen and oxygen atoms in total. The molecule has 102 valence electrons. The molecule has 0 aromatic heterocycles. The highest BCUT2D eigenvalue weighted by molar-refractivity contribution is 5.85.